The summed E-state index contributed by atoms with van der Waals surface area (Å²) in [5.41, 5.74) is 6.03. The van der Waals surface area contributed by atoms with E-state index in [-0.39, 0.29) is 0 Å². The summed E-state index contributed by atoms with van der Waals surface area (Å²) < 4.78 is 14.4. The molecule has 0 radical (unpaired) electrons. The largest absolute Gasteiger partial charge is 0.490 e. The summed E-state index contributed by atoms with van der Waals surface area (Å²) in [6.45, 7) is 11.3. The molecular weight excluding hydrogens is 530 g/mol. The van der Waals surface area contributed by atoms with Gasteiger partial charge in [0.05, 0.1) is 24.6 Å². The summed E-state index contributed by atoms with van der Waals surface area (Å²) in [7, 11) is 0. The van der Waals surface area contributed by atoms with Crippen LogP contribution >= 0.6 is 0 Å². The lowest BCUT2D eigenvalue weighted by atomic mass is 9.89. The van der Waals surface area contributed by atoms with Crippen LogP contribution in [0, 0.1) is 5.92 Å². The molecule has 228 valence electrons. The molecule has 1 aliphatic carbocycles. The molecule has 5 heteroatoms. The third kappa shape index (κ3) is 8.08. The van der Waals surface area contributed by atoms with Crippen molar-refractivity contribution in [1.29, 1.82) is 0 Å². The van der Waals surface area contributed by atoms with E-state index in [2.05, 4.69) is 95.3 Å². The van der Waals surface area contributed by atoms with Crippen molar-refractivity contribution < 1.29 is 9.47 Å². The number of unbranched alkanes of at least 4 members (excludes halogenated alkanes) is 1. The highest BCUT2D eigenvalue weighted by atomic mass is 16.5. The van der Waals surface area contributed by atoms with Gasteiger partial charge in [0.25, 0.3) is 0 Å². The van der Waals surface area contributed by atoms with Crippen LogP contribution in [-0.4, -0.2) is 34.2 Å². The first-order valence-corrected chi connectivity index (χ1v) is 16.5. The zero-order valence-corrected chi connectivity index (χ0v) is 26.4. The third-order valence-electron chi connectivity index (χ3n) is 8.52. The molecule has 1 heterocycles. The van der Waals surface area contributed by atoms with Gasteiger partial charge in [-0.1, -0.05) is 99.3 Å². The van der Waals surface area contributed by atoms with Crippen LogP contribution in [0.15, 0.2) is 78.9 Å². The Balaban J connectivity index is 1.56. The molecule has 5 rings (SSSR count). The predicted molar refractivity (Wildman–Crippen MR) is 177 cm³/mol. The molecule has 1 aromatic heterocycles. The predicted octanol–water partition coefficient (Wildman–Crippen LogP) is 9.40. The molecule has 0 bridgehead atoms. The summed E-state index contributed by atoms with van der Waals surface area (Å²) >= 11 is 0. The van der Waals surface area contributed by atoms with Crippen molar-refractivity contribution >= 4 is 0 Å². The fourth-order valence-electron chi connectivity index (χ4n) is 6.42. The Kier molecular flexibility index (Phi) is 11.3. The van der Waals surface area contributed by atoms with Crippen LogP contribution in [-0.2, 0) is 19.6 Å². The molecule has 0 spiro atoms. The average molecular weight is 580 g/mol. The van der Waals surface area contributed by atoms with E-state index in [0.29, 0.717) is 13.2 Å². The van der Waals surface area contributed by atoms with Gasteiger partial charge in [0, 0.05) is 37.3 Å². The van der Waals surface area contributed by atoms with Crippen molar-refractivity contribution in [3.8, 4) is 34.1 Å². The molecule has 5 nitrogen and oxygen atoms in total. The highest BCUT2D eigenvalue weighted by molar-refractivity contribution is 5.68. The van der Waals surface area contributed by atoms with Crippen LogP contribution in [0.2, 0.25) is 0 Å². The van der Waals surface area contributed by atoms with Crippen LogP contribution in [0.5, 0.6) is 11.5 Å². The quantitative estimate of drug-likeness (QED) is 0.141. The maximum absolute atomic E-state index is 6.02. The Bertz CT molecular complexity index is 1390. The highest BCUT2D eigenvalue weighted by Gasteiger charge is 2.24. The summed E-state index contributed by atoms with van der Waals surface area (Å²) in [5.74, 6) is 3.45. The van der Waals surface area contributed by atoms with E-state index >= 15 is 0 Å². The number of imidazole rings is 1. The van der Waals surface area contributed by atoms with E-state index in [4.69, 9.17) is 14.5 Å². The van der Waals surface area contributed by atoms with Crippen LogP contribution in [0.1, 0.15) is 77.0 Å². The topological polar surface area (TPSA) is 39.5 Å². The second kappa shape index (κ2) is 15.8. The van der Waals surface area contributed by atoms with Gasteiger partial charge in [0.1, 0.15) is 5.82 Å². The molecule has 0 amide bonds. The van der Waals surface area contributed by atoms with Crippen LogP contribution in [0.25, 0.3) is 22.6 Å². The van der Waals surface area contributed by atoms with E-state index in [9.17, 15) is 0 Å². The van der Waals surface area contributed by atoms with Gasteiger partial charge in [-0.2, -0.15) is 0 Å². The SMILES string of the molecule is CCCCn1c(-c2ccccc2)nc(-c2ccccc2)c1CN(Cc1ccc(OCC)c(OCC)c1)CC1CCCCC1. The standard InChI is InChI=1S/C38H49N3O2/c1-4-7-25-41-34(37(32-19-13-9-14-20-32)39-38(41)33-21-15-10-16-22-33)29-40(27-30-17-11-8-12-18-30)28-31-23-24-35(42-5-2)36(26-31)43-6-3/h9-10,13-16,19-24,26,30H,4-8,11-12,17-18,25,27-29H2,1-3H3. The smallest absolute Gasteiger partial charge is 0.161 e. The van der Waals surface area contributed by atoms with Gasteiger partial charge in [0.15, 0.2) is 11.5 Å². The van der Waals surface area contributed by atoms with Crippen molar-refractivity contribution in [2.45, 2.75) is 85.4 Å². The van der Waals surface area contributed by atoms with Gasteiger partial charge >= 0.3 is 0 Å². The molecule has 1 saturated carbocycles. The van der Waals surface area contributed by atoms with Gasteiger partial charge in [-0.25, -0.2) is 4.98 Å². The lowest BCUT2D eigenvalue weighted by Crippen LogP contribution is -2.31. The molecule has 43 heavy (non-hydrogen) atoms. The minimum atomic E-state index is 0.620. The number of aromatic nitrogens is 2. The number of hydrogen-bond acceptors (Lipinski definition) is 4. The minimum absolute atomic E-state index is 0.620. The molecule has 4 aromatic rings. The van der Waals surface area contributed by atoms with Gasteiger partial charge < -0.3 is 14.0 Å². The van der Waals surface area contributed by atoms with Gasteiger partial charge in [-0.05, 0) is 56.7 Å². The summed E-state index contributed by atoms with van der Waals surface area (Å²) in [6.07, 6.45) is 8.96. The van der Waals surface area contributed by atoms with Crippen LogP contribution in [0.4, 0.5) is 0 Å². The first-order chi connectivity index (χ1) is 21.2. The van der Waals surface area contributed by atoms with Crippen molar-refractivity contribution in [1.82, 2.24) is 14.5 Å². The lowest BCUT2D eigenvalue weighted by Gasteiger charge is -2.30. The Morgan fingerprint density at radius 1 is 0.767 bits per heavy atom. The number of hydrogen-bond donors (Lipinski definition) is 0. The minimum Gasteiger partial charge on any atom is -0.490 e. The molecule has 0 unspecified atom stereocenters. The fraction of sp³-hybridized carbons (Fsp3) is 0.447. The number of ether oxygens (including phenoxy) is 2. The van der Waals surface area contributed by atoms with E-state index in [1.54, 1.807) is 0 Å². The number of nitrogens with zero attached hydrogens (tertiary/aromatic N) is 3. The van der Waals surface area contributed by atoms with Crippen molar-refractivity contribution in [3.63, 3.8) is 0 Å². The van der Waals surface area contributed by atoms with Gasteiger partial charge in [0.2, 0.25) is 0 Å². The second-order valence-electron chi connectivity index (χ2n) is 11.8. The number of rotatable bonds is 15. The van der Waals surface area contributed by atoms with E-state index in [0.717, 1.165) is 68.0 Å². The van der Waals surface area contributed by atoms with E-state index in [1.807, 2.05) is 13.8 Å². The van der Waals surface area contributed by atoms with Crippen molar-refractivity contribution in [3.05, 3.63) is 90.1 Å². The van der Waals surface area contributed by atoms with E-state index in [1.165, 1.54) is 54.5 Å². The number of benzene rings is 3. The van der Waals surface area contributed by atoms with Crippen molar-refractivity contribution in [2.24, 2.45) is 5.92 Å². The summed E-state index contributed by atoms with van der Waals surface area (Å²) in [6, 6.07) is 27.9. The molecule has 3 aromatic carbocycles. The zero-order chi connectivity index (χ0) is 29.9. The van der Waals surface area contributed by atoms with Gasteiger partial charge in [-0.15, -0.1) is 0 Å². The van der Waals surface area contributed by atoms with Crippen LogP contribution in [0.3, 0.4) is 0 Å². The first-order valence-electron chi connectivity index (χ1n) is 16.5. The normalized spacial score (nSPS) is 13.9. The molecule has 0 aliphatic heterocycles. The Morgan fingerprint density at radius 2 is 1.44 bits per heavy atom. The summed E-state index contributed by atoms with van der Waals surface area (Å²) in [5, 5.41) is 0. The monoisotopic (exact) mass is 579 g/mol. The molecule has 0 N–H and O–H groups in total. The molecule has 1 fully saturated rings. The summed E-state index contributed by atoms with van der Waals surface area (Å²) in [4.78, 5) is 8.05. The van der Waals surface area contributed by atoms with Crippen LogP contribution < -0.4 is 9.47 Å². The molecule has 0 atom stereocenters. The Labute approximate surface area is 258 Å². The fourth-order valence-corrected chi connectivity index (χ4v) is 6.42. The molecular formula is C38H49N3O2. The maximum atomic E-state index is 6.02. The Morgan fingerprint density at radius 3 is 2.12 bits per heavy atom. The van der Waals surface area contributed by atoms with Gasteiger partial charge in [-0.3, -0.25) is 4.90 Å². The third-order valence-corrected chi connectivity index (χ3v) is 8.52. The van der Waals surface area contributed by atoms with E-state index < -0.39 is 0 Å². The Hall–Kier alpha value is -3.57. The second-order valence-corrected chi connectivity index (χ2v) is 11.8. The van der Waals surface area contributed by atoms with Crippen molar-refractivity contribution in [2.75, 3.05) is 19.8 Å². The molecule has 1 aliphatic rings. The zero-order valence-electron chi connectivity index (χ0n) is 26.4. The maximum Gasteiger partial charge on any atom is 0.161 e. The highest BCUT2D eigenvalue weighted by Crippen LogP contribution is 2.34. The first kappa shape index (κ1) is 30.9. The molecule has 0 saturated heterocycles. The average Bonchev–Trinajstić information content (AvgIpc) is 3.40. The lowest BCUT2D eigenvalue weighted by molar-refractivity contribution is 0.183.